The number of para-hydroxylation sites is 3. The summed E-state index contributed by atoms with van der Waals surface area (Å²) >= 11 is 0. The number of hydrogen-bond acceptors (Lipinski definition) is 10. The van der Waals surface area contributed by atoms with Crippen molar-refractivity contribution in [3.05, 3.63) is 408 Å². The number of aldehydes is 1. The zero-order valence-corrected chi connectivity index (χ0v) is 64.4. The maximum absolute atomic E-state index is 10.9. The van der Waals surface area contributed by atoms with Gasteiger partial charge in [0.25, 0.3) is 0 Å². The van der Waals surface area contributed by atoms with Crippen molar-refractivity contribution in [3.63, 3.8) is 0 Å². The van der Waals surface area contributed by atoms with Crippen molar-refractivity contribution in [1.82, 2.24) is 0 Å². The van der Waals surface area contributed by atoms with E-state index in [1.54, 1.807) is 31.6 Å². The summed E-state index contributed by atoms with van der Waals surface area (Å²) in [6, 6.07) is 114. The molecule has 0 unspecified atom stereocenters. The van der Waals surface area contributed by atoms with E-state index >= 15 is 0 Å². The van der Waals surface area contributed by atoms with Crippen LogP contribution in [0.4, 0.5) is 56.9 Å². The van der Waals surface area contributed by atoms with Gasteiger partial charge in [0, 0.05) is 125 Å². The summed E-state index contributed by atoms with van der Waals surface area (Å²) in [5, 5.41) is 27.4. The van der Waals surface area contributed by atoms with Gasteiger partial charge in [0.05, 0.1) is 43.6 Å². The summed E-state index contributed by atoms with van der Waals surface area (Å²) in [6.07, 6.45) is 11.9. The van der Waals surface area contributed by atoms with E-state index < -0.39 is 0 Å². The Kier molecular flexibility index (Phi) is 34.1. The number of anilines is 9. The van der Waals surface area contributed by atoms with Crippen LogP contribution in [0.15, 0.2) is 344 Å². The van der Waals surface area contributed by atoms with Crippen LogP contribution in [0.25, 0.3) is 29.1 Å². The summed E-state index contributed by atoms with van der Waals surface area (Å²) in [7, 11) is 0. The van der Waals surface area contributed by atoms with Crippen LogP contribution in [-0.2, 0) is 0 Å². The van der Waals surface area contributed by atoms with E-state index in [1.807, 2.05) is 245 Å². The van der Waals surface area contributed by atoms with Gasteiger partial charge in [-0.05, 0) is 226 Å². The summed E-state index contributed by atoms with van der Waals surface area (Å²) in [5.41, 5.74) is 16.7. The molecular weight excluding hydrogens is 1450 g/mol. The van der Waals surface area contributed by atoms with Gasteiger partial charge in [-0.15, -0.1) is 5.26 Å². The third-order valence-corrected chi connectivity index (χ3v) is 16.1. The molecule has 12 aromatic rings. The molecule has 0 fully saturated rings. The van der Waals surface area contributed by atoms with E-state index in [9.17, 15) is 10.1 Å². The average Bonchev–Trinajstić information content (AvgIpc) is 0.819. The predicted octanol–water partition coefficient (Wildman–Crippen LogP) is 24.2. The summed E-state index contributed by atoms with van der Waals surface area (Å²) < 4.78 is 16.9. The fourth-order valence-electron chi connectivity index (χ4n) is 10.9. The number of rotatable bonds is 20. The molecule has 1 aliphatic carbocycles. The Morgan fingerprint density at radius 1 is 0.435 bits per heavy atom. The summed E-state index contributed by atoms with van der Waals surface area (Å²) in [5.74, 6) is 2.52. The van der Waals surface area contributed by atoms with Crippen LogP contribution in [0, 0.1) is 100 Å². The summed E-state index contributed by atoms with van der Waals surface area (Å²) in [4.78, 5) is 21.3. The second-order valence-electron chi connectivity index (χ2n) is 23.3. The number of allylic oxidation sites excluding steroid dienone is 5. The van der Waals surface area contributed by atoms with E-state index in [0.29, 0.717) is 64.5 Å². The molecule has 1 aliphatic rings. The fourth-order valence-corrected chi connectivity index (χ4v) is 10.9. The smallest absolute Gasteiger partial charge is 0.200 e. The summed E-state index contributed by atoms with van der Waals surface area (Å²) in [6.45, 7) is 21.2. The van der Waals surface area contributed by atoms with Gasteiger partial charge in [0.1, 0.15) is 35.2 Å². The number of nitriles is 3. The predicted molar refractivity (Wildman–Crippen MR) is 439 cm³/mol. The first-order valence-electron chi connectivity index (χ1n) is 34.5. The quantitative estimate of drug-likeness (QED) is 0.0315. The third kappa shape index (κ3) is 24.3. The number of benzene rings is 12. The molecule has 12 aromatic carbocycles. The molecule has 524 valence electrons. The normalized spacial score (nSPS) is 10.8. The molecule has 4 radical (unpaired) electrons. The molecule has 0 saturated carbocycles. The molecule has 0 heterocycles. The molecule has 0 bridgehead atoms. The van der Waals surface area contributed by atoms with Crippen LogP contribution in [-0.4, -0.2) is 34.5 Å². The van der Waals surface area contributed by atoms with E-state index in [0.717, 1.165) is 91.4 Å². The molecule has 0 aliphatic heterocycles. The number of ether oxygens (including phenoxy) is 3. The second-order valence-corrected chi connectivity index (χ2v) is 23.3. The molecule has 0 aromatic heterocycles. The van der Waals surface area contributed by atoms with Crippen LogP contribution in [0.3, 0.4) is 0 Å². The van der Waals surface area contributed by atoms with Crippen molar-refractivity contribution in [3.8, 4) is 35.5 Å². The van der Waals surface area contributed by atoms with Gasteiger partial charge in [-0.1, -0.05) is 103 Å². The molecular formula is C95H78BN7O4Pr-. The Labute approximate surface area is 671 Å². The zero-order chi connectivity index (χ0) is 74.5. The fraction of sp³-hybridized carbons (Fsp3) is 0.0737. The van der Waals surface area contributed by atoms with E-state index in [1.165, 1.54) is 0 Å². The Balaban J connectivity index is 0.000000261. The minimum absolute atomic E-state index is 0. The van der Waals surface area contributed by atoms with Crippen molar-refractivity contribution >= 4 is 95.9 Å². The van der Waals surface area contributed by atoms with Crippen molar-refractivity contribution in [1.29, 1.82) is 15.8 Å². The van der Waals surface area contributed by atoms with Crippen LogP contribution < -0.4 is 28.9 Å². The first kappa shape index (κ1) is 82.4. The third-order valence-electron chi connectivity index (χ3n) is 16.1. The molecule has 0 N–H and O–H groups in total. The first-order valence-corrected chi connectivity index (χ1v) is 34.5. The van der Waals surface area contributed by atoms with Crippen LogP contribution in [0.5, 0.6) is 17.2 Å². The van der Waals surface area contributed by atoms with Gasteiger partial charge in [0.2, 0.25) is 6.07 Å². The van der Waals surface area contributed by atoms with Gasteiger partial charge in [-0.3, -0.25) is 4.79 Å². The van der Waals surface area contributed by atoms with E-state index in [4.69, 9.17) is 31.3 Å². The van der Waals surface area contributed by atoms with Gasteiger partial charge >= 0.3 is 0 Å². The van der Waals surface area contributed by atoms with Crippen molar-refractivity contribution in [2.24, 2.45) is 0 Å². The number of hydrogen-bond donors (Lipinski definition) is 0. The van der Waals surface area contributed by atoms with Gasteiger partial charge in [0.15, 0.2) is 11.3 Å². The number of nitrogens with zero attached hydrogens (tertiary/aromatic N) is 7. The van der Waals surface area contributed by atoms with Gasteiger partial charge < -0.3 is 28.9 Å². The Bertz CT molecular complexity index is 4780. The molecule has 0 atom stereocenters. The SMILES string of the molecule is C=C1[CH+]C(C#N)=C(C)C=C1C#N.CCOc1ccc(N(c2ccccc2)c2ccc(C=O)cc2)cc1.[B].[C-]#[N+]c1cc(C=Cc2ccc(N(c3ccccc3)c3ccc(OCC)cc3)cc2)c(C#N)cc1C=Cc1ccc(N(c2ccccc2)c2ccc(OCC)cc2)cc1.[Pr].[c-]1ccccc1.[c-]1ccccc1. The minimum atomic E-state index is 0. The van der Waals surface area contributed by atoms with Gasteiger partial charge in [-0.25, -0.2) is 4.85 Å². The van der Waals surface area contributed by atoms with Crippen molar-refractivity contribution in [2.45, 2.75) is 27.7 Å². The number of carbonyl (C=O) groups is 1. The Morgan fingerprint density at radius 3 is 1.05 bits per heavy atom. The minimum Gasteiger partial charge on any atom is -0.494 e. The molecule has 11 nitrogen and oxygen atoms in total. The van der Waals surface area contributed by atoms with Crippen LogP contribution in [0.2, 0.25) is 0 Å². The Morgan fingerprint density at radius 2 is 0.759 bits per heavy atom. The van der Waals surface area contributed by atoms with Crippen LogP contribution >= 0.6 is 0 Å². The molecule has 13 heteroatoms. The molecule has 0 spiro atoms. The first-order chi connectivity index (χ1) is 52.1. The average molecular weight is 1530 g/mol. The van der Waals surface area contributed by atoms with Gasteiger partial charge in [-0.2, -0.15) is 83.3 Å². The molecule has 108 heavy (non-hydrogen) atoms. The molecule has 0 amide bonds. The van der Waals surface area contributed by atoms with E-state index in [2.05, 4.69) is 154 Å². The van der Waals surface area contributed by atoms with Crippen molar-refractivity contribution in [2.75, 3.05) is 34.5 Å². The maximum atomic E-state index is 10.9. The number of carbonyl (C=O) groups excluding carboxylic acids is 1. The second kappa shape index (κ2) is 44.7. The van der Waals surface area contributed by atoms with E-state index in [-0.39, 0.29) is 49.7 Å². The van der Waals surface area contributed by atoms with Crippen LogP contribution in [0.1, 0.15) is 65.9 Å². The standard InChI is InChI=1S/C52H42N4O2.C21H19NO2.C10H7N2.2C6H5.B.Pr/c1-4-57-50-32-28-48(29-33-50)55(44-12-8-6-9-13-44)46-24-18-39(19-25-46)16-22-41-37-52(54-3)42(36-43(41)38-53)23-17-40-20-26-47(27-21-40)56(45-14-10-7-11-15-45)49-30-34-51(35-31-49)58-5-2;1-2-24-21-14-12-20(13-15-21)22(18-6-4-3-5-7-18)19-10-8-17(16-23)9-11-19;1-7-3-10(6-12)8(2)4-9(7)5-11;2*1-2-4-6-5-3-1;;/h6-37H,4-5H2,1-2H3;3-16H,2H2,1H3;3-4H,1H2,2H3;2*1-5H;;/q;;+1;2*-1;;. The maximum Gasteiger partial charge on any atom is 0.200 e. The monoisotopic (exact) mass is 1530 g/mol. The zero-order valence-electron chi connectivity index (χ0n) is 60.7. The topological polar surface area (TPSA) is 130 Å². The van der Waals surface area contributed by atoms with Crippen molar-refractivity contribution < 1.29 is 60.3 Å². The molecule has 13 rings (SSSR count). The molecule has 0 saturated heterocycles. The largest absolute Gasteiger partial charge is 0.494 e. The Hall–Kier alpha value is -12.9.